The van der Waals surface area contributed by atoms with E-state index >= 15 is 0 Å². The van der Waals surface area contributed by atoms with Gasteiger partial charge in [0, 0.05) is 13.2 Å². The molecule has 0 saturated carbocycles. The van der Waals surface area contributed by atoms with Crippen molar-refractivity contribution in [1.82, 2.24) is 0 Å². The van der Waals surface area contributed by atoms with Gasteiger partial charge in [0.15, 0.2) is 0 Å². The van der Waals surface area contributed by atoms with E-state index in [0.29, 0.717) is 13.2 Å². The Labute approximate surface area is 127 Å². The van der Waals surface area contributed by atoms with Crippen LogP contribution in [0.2, 0.25) is 12.1 Å². The van der Waals surface area contributed by atoms with E-state index in [4.69, 9.17) is 13.6 Å². The fourth-order valence-electron chi connectivity index (χ4n) is 2.27. The maximum atomic E-state index is 6.18. The van der Waals surface area contributed by atoms with Gasteiger partial charge in [0.2, 0.25) is 0 Å². The molecule has 20 heavy (non-hydrogen) atoms. The Bertz CT molecular complexity index is 196. The van der Waals surface area contributed by atoms with Crippen LogP contribution in [0.5, 0.6) is 0 Å². The minimum atomic E-state index is -1.95. The highest BCUT2D eigenvalue weighted by atomic mass is 28.4. The van der Waals surface area contributed by atoms with Crippen LogP contribution in [0.1, 0.15) is 66.2 Å². The van der Waals surface area contributed by atoms with Crippen molar-refractivity contribution in [3.8, 4) is 0 Å². The van der Waals surface area contributed by atoms with Crippen LogP contribution in [0.25, 0.3) is 0 Å². The molecule has 0 fully saturated rings. The van der Waals surface area contributed by atoms with Gasteiger partial charge in [0.05, 0.1) is 13.2 Å². The van der Waals surface area contributed by atoms with Crippen LogP contribution in [-0.2, 0) is 13.6 Å². The molecule has 122 valence electrons. The summed E-state index contributed by atoms with van der Waals surface area (Å²) in [6.07, 6.45) is 7.85. The molecule has 0 aromatic carbocycles. The fraction of sp³-hybridized carbons (Fsp3) is 1.00. The topological polar surface area (TPSA) is 27.7 Å². The van der Waals surface area contributed by atoms with Gasteiger partial charge in [-0.25, -0.2) is 0 Å². The van der Waals surface area contributed by atoms with Gasteiger partial charge in [-0.1, -0.05) is 52.9 Å². The van der Waals surface area contributed by atoms with Gasteiger partial charge in [-0.05, 0) is 25.4 Å². The quantitative estimate of drug-likeness (QED) is 0.318. The van der Waals surface area contributed by atoms with E-state index in [-0.39, 0.29) is 0 Å². The molecule has 0 aromatic heterocycles. The summed E-state index contributed by atoms with van der Waals surface area (Å²) >= 11 is 0. The molecule has 0 heterocycles. The van der Waals surface area contributed by atoms with Gasteiger partial charge in [0.25, 0.3) is 0 Å². The number of unbranched alkanes of at least 4 members (excludes halogenated alkanes) is 5. The molecule has 0 atom stereocenters. The Morgan fingerprint density at radius 3 is 1.85 bits per heavy atom. The number of hydrogen-bond donors (Lipinski definition) is 0. The summed E-state index contributed by atoms with van der Waals surface area (Å²) in [5, 5.41) is 0. The van der Waals surface area contributed by atoms with Crippen LogP contribution in [-0.4, -0.2) is 35.0 Å². The zero-order valence-electron chi connectivity index (χ0n) is 14.2. The van der Waals surface area contributed by atoms with Crippen molar-refractivity contribution in [2.24, 2.45) is 0 Å². The first-order valence-electron chi connectivity index (χ1n) is 8.60. The van der Waals surface area contributed by atoms with Crippen molar-refractivity contribution in [1.29, 1.82) is 0 Å². The molecule has 0 unspecified atom stereocenters. The Hall–Kier alpha value is 0.0969. The first-order chi connectivity index (χ1) is 9.74. The average molecular weight is 305 g/mol. The molecule has 4 heteroatoms. The lowest BCUT2D eigenvalue weighted by Gasteiger charge is -2.28. The maximum Gasteiger partial charge on any atom is 0.337 e. The van der Waals surface area contributed by atoms with E-state index in [0.717, 1.165) is 25.3 Å². The second kappa shape index (κ2) is 14.1. The van der Waals surface area contributed by atoms with Crippen molar-refractivity contribution in [3.05, 3.63) is 0 Å². The van der Waals surface area contributed by atoms with Crippen molar-refractivity contribution < 1.29 is 13.6 Å². The van der Waals surface area contributed by atoms with Crippen LogP contribution in [0, 0.1) is 0 Å². The second-order valence-corrected chi connectivity index (χ2v) is 9.09. The monoisotopic (exact) mass is 304 g/mol. The van der Waals surface area contributed by atoms with Gasteiger partial charge in [-0.3, -0.25) is 0 Å². The van der Waals surface area contributed by atoms with E-state index in [9.17, 15) is 0 Å². The lowest BCUT2D eigenvalue weighted by Crippen LogP contribution is -2.42. The average Bonchev–Trinajstić information content (AvgIpc) is 2.49. The van der Waals surface area contributed by atoms with Crippen molar-refractivity contribution in [2.45, 2.75) is 78.3 Å². The van der Waals surface area contributed by atoms with Crippen LogP contribution in [0.4, 0.5) is 0 Å². The summed E-state index contributed by atoms with van der Waals surface area (Å²) in [6.45, 7) is 11.6. The molecule has 0 rings (SSSR count). The van der Waals surface area contributed by atoms with Crippen molar-refractivity contribution in [3.63, 3.8) is 0 Å². The highest BCUT2D eigenvalue weighted by molar-refractivity contribution is 6.67. The smallest absolute Gasteiger partial charge is 0.337 e. The molecule has 0 aliphatic heterocycles. The standard InChI is InChI=1S/C16H36O3Si/c1-5-9-10-11-12-13-14-18-20(7-3,8-4)19-16-15-17-6-2/h5-16H2,1-4H3. The molecule has 0 radical (unpaired) electrons. The molecule has 0 amide bonds. The Morgan fingerprint density at radius 2 is 1.25 bits per heavy atom. The molecule has 0 aromatic rings. The predicted molar refractivity (Wildman–Crippen MR) is 88.5 cm³/mol. The van der Waals surface area contributed by atoms with Crippen LogP contribution < -0.4 is 0 Å². The predicted octanol–water partition coefficient (Wildman–Crippen LogP) is 4.90. The third-order valence-corrected chi connectivity index (χ3v) is 7.35. The Kier molecular flexibility index (Phi) is 14.1. The number of rotatable bonds is 15. The first kappa shape index (κ1) is 20.1. The van der Waals surface area contributed by atoms with Gasteiger partial charge < -0.3 is 13.6 Å². The van der Waals surface area contributed by atoms with Gasteiger partial charge in [0.1, 0.15) is 0 Å². The summed E-state index contributed by atoms with van der Waals surface area (Å²) in [4.78, 5) is 0. The molecular formula is C16H36O3Si. The second-order valence-electron chi connectivity index (χ2n) is 5.28. The highest BCUT2D eigenvalue weighted by Crippen LogP contribution is 2.19. The minimum absolute atomic E-state index is 0.679. The van der Waals surface area contributed by atoms with Crippen molar-refractivity contribution in [2.75, 3.05) is 26.4 Å². The minimum Gasteiger partial charge on any atom is -0.394 e. The zero-order chi connectivity index (χ0) is 15.1. The summed E-state index contributed by atoms with van der Waals surface area (Å²) in [5.41, 5.74) is 0. The SMILES string of the molecule is CCCCCCCCO[Si](CC)(CC)OCCOCC. The van der Waals surface area contributed by atoms with Gasteiger partial charge >= 0.3 is 8.56 Å². The van der Waals surface area contributed by atoms with E-state index in [2.05, 4.69) is 20.8 Å². The van der Waals surface area contributed by atoms with E-state index in [1.54, 1.807) is 0 Å². The summed E-state index contributed by atoms with van der Waals surface area (Å²) in [7, 11) is -1.95. The number of ether oxygens (including phenoxy) is 1. The normalized spacial score (nSPS) is 12.0. The molecular weight excluding hydrogens is 268 g/mol. The lowest BCUT2D eigenvalue weighted by atomic mass is 10.1. The van der Waals surface area contributed by atoms with Crippen LogP contribution in [0.3, 0.4) is 0 Å². The van der Waals surface area contributed by atoms with E-state index in [1.807, 2.05) is 6.92 Å². The Balaban J connectivity index is 3.76. The van der Waals surface area contributed by atoms with E-state index in [1.165, 1.54) is 38.5 Å². The third kappa shape index (κ3) is 9.92. The number of hydrogen-bond acceptors (Lipinski definition) is 3. The molecule has 3 nitrogen and oxygen atoms in total. The zero-order valence-corrected chi connectivity index (χ0v) is 15.2. The summed E-state index contributed by atoms with van der Waals surface area (Å²) in [6, 6.07) is 2.07. The van der Waals surface area contributed by atoms with E-state index < -0.39 is 8.56 Å². The Morgan fingerprint density at radius 1 is 0.650 bits per heavy atom. The molecule has 0 aliphatic rings. The summed E-state index contributed by atoms with van der Waals surface area (Å²) < 4.78 is 17.6. The van der Waals surface area contributed by atoms with Gasteiger partial charge in [-0.2, -0.15) is 0 Å². The van der Waals surface area contributed by atoms with Crippen LogP contribution >= 0.6 is 0 Å². The maximum absolute atomic E-state index is 6.18. The highest BCUT2D eigenvalue weighted by Gasteiger charge is 2.33. The first-order valence-corrected chi connectivity index (χ1v) is 10.8. The molecule has 0 saturated heterocycles. The van der Waals surface area contributed by atoms with Gasteiger partial charge in [-0.15, -0.1) is 0 Å². The lowest BCUT2D eigenvalue weighted by molar-refractivity contribution is 0.0846. The molecule has 0 N–H and O–H groups in total. The van der Waals surface area contributed by atoms with Crippen molar-refractivity contribution >= 4 is 8.56 Å². The summed E-state index contributed by atoms with van der Waals surface area (Å²) in [5.74, 6) is 0. The largest absolute Gasteiger partial charge is 0.394 e. The molecule has 0 spiro atoms. The molecule has 0 bridgehead atoms. The van der Waals surface area contributed by atoms with Crippen LogP contribution in [0.15, 0.2) is 0 Å². The third-order valence-electron chi connectivity index (χ3n) is 3.74. The molecule has 0 aliphatic carbocycles. The fourth-order valence-corrected chi connectivity index (χ4v) is 4.64.